The molecule has 0 amide bonds. The van der Waals surface area contributed by atoms with Crippen molar-refractivity contribution in [2.24, 2.45) is 5.73 Å². The van der Waals surface area contributed by atoms with Crippen LogP contribution in [0.1, 0.15) is 30.0 Å². The molecule has 0 spiro atoms. The second-order valence-corrected chi connectivity index (χ2v) is 4.75. The van der Waals surface area contributed by atoms with Gasteiger partial charge < -0.3 is 14.9 Å². The lowest BCUT2D eigenvalue weighted by Gasteiger charge is -2.03. The van der Waals surface area contributed by atoms with Crippen LogP contribution in [0.15, 0.2) is 40.8 Å². The first-order chi connectivity index (χ1) is 9.60. The number of carbonyl (C=O) groups excluding carboxylic acids is 1. The summed E-state index contributed by atoms with van der Waals surface area (Å²) in [5.74, 6) is 1.33. The number of carbonyl (C=O) groups is 1. The van der Waals surface area contributed by atoms with Crippen molar-refractivity contribution in [2.75, 3.05) is 6.61 Å². The molecule has 1 aromatic carbocycles. The van der Waals surface area contributed by atoms with Gasteiger partial charge in [-0.15, -0.1) is 0 Å². The van der Waals surface area contributed by atoms with Crippen LogP contribution >= 0.6 is 0 Å². The Labute approximate surface area is 118 Å². The fourth-order valence-corrected chi connectivity index (χ4v) is 1.95. The quantitative estimate of drug-likeness (QED) is 0.850. The van der Waals surface area contributed by atoms with E-state index in [4.69, 9.17) is 14.9 Å². The van der Waals surface area contributed by atoms with Gasteiger partial charge in [-0.05, 0) is 38.1 Å². The summed E-state index contributed by atoms with van der Waals surface area (Å²) in [5, 5.41) is 0. The van der Waals surface area contributed by atoms with E-state index in [2.05, 4.69) is 0 Å². The predicted molar refractivity (Wildman–Crippen MR) is 77.5 cm³/mol. The maximum absolute atomic E-state index is 11.6. The first-order valence-corrected chi connectivity index (χ1v) is 6.72. The maximum atomic E-state index is 11.6. The highest BCUT2D eigenvalue weighted by Crippen LogP contribution is 2.23. The van der Waals surface area contributed by atoms with Crippen molar-refractivity contribution in [1.29, 1.82) is 0 Å². The van der Waals surface area contributed by atoms with E-state index in [1.807, 2.05) is 31.2 Å². The molecule has 1 atom stereocenters. The third kappa shape index (κ3) is 3.48. The number of ether oxygens (including phenoxy) is 1. The zero-order valence-electron chi connectivity index (χ0n) is 11.8. The van der Waals surface area contributed by atoms with Crippen LogP contribution in [-0.4, -0.2) is 18.6 Å². The number of rotatable bonds is 5. The standard InChI is InChI=1S/C16H19NO3/c1-3-19-16(18)13-6-4-12(5-7-13)15-9-8-14(20-15)10-11(2)17/h4-9,11H,3,10,17H2,1-2H3. The summed E-state index contributed by atoms with van der Waals surface area (Å²) in [6.45, 7) is 4.10. The SMILES string of the molecule is CCOC(=O)c1ccc(-c2ccc(CC(C)N)o2)cc1. The summed E-state index contributed by atoms with van der Waals surface area (Å²) in [7, 11) is 0. The van der Waals surface area contributed by atoms with Gasteiger partial charge in [-0.3, -0.25) is 0 Å². The van der Waals surface area contributed by atoms with Gasteiger partial charge in [-0.2, -0.15) is 0 Å². The summed E-state index contributed by atoms with van der Waals surface area (Å²) < 4.78 is 10.7. The monoisotopic (exact) mass is 273 g/mol. The van der Waals surface area contributed by atoms with Crippen LogP contribution in [0.25, 0.3) is 11.3 Å². The third-order valence-electron chi connectivity index (χ3n) is 2.87. The summed E-state index contributed by atoms with van der Waals surface area (Å²) >= 11 is 0. The molecule has 1 unspecified atom stereocenters. The topological polar surface area (TPSA) is 65.5 Å². The Bertz CT molecular complexity index is 570. The molecule has 1 heterocycles. The summed E-state index contributed by atoms with van der Waals surface area (Å²) in [4.78, 5) is 11.6. The summed E-state index contributed by atoms with van der Waals surface area (Å²) in [6.07, 6.45) is 0.709. The molecule has 0 aliphatic carbocycles. The van der Waals surface area contributed by atoms with E-state index in [1.165, 1.54) is 0 Å². The minimum atomic E-state index is -0.309. The Kier molecular flexibility index (Phi) is 4.58. The van der Waals surface area contributed by atoms with Crippen LogP contribution in [0.3, 0.4) is 0 Å². The van der Waals surface area contributed by atoms with Gasteiger partial charge in [0.25, 0.3) is 0 Å². The molecule has 2 rings (SSSR count). The second-order valence-electron chi connectivity index (χ2n) is 4.75. The van der Waals surface area contributed by atoms with Crippen LogP contribution in [0.4, 0.5) is 0 Å². The van der Waals surface area contributed by atoms with E-state index >= 15 is 0 Å². The molecule has 0 saturated carbocycles. The molecule has 0 saturated heterocycles. The van der Waals surface area contributed by atoms with E-state index in [0.717, 1.165) is 17.1 Å². The van der Waals surface area contributed by atoms with Crippen LogP contribution in [-0.2, 0) is 11.2 Å². The van der Waals surface area contributed by atoms with Gasteiger partial charge in [0.05, 0.1) is 12.2 Å². The molecule has 0 fully saturated rings. The van der Waals surface area contributed by atoms with E-state index in [-0.39, 0.29) is 12.0 Å². The van der Waals surface area contributed by atoms with Crippen molar-refractivity contribution >= 4 is 5.97 Å². The van der Waals surface area contributed by atoms with Crippen molar-refractivity contribution in [2.45, 2.75) is 26.3 Å². The molecule has 4 nitrogen and oxygen atoms in total. The first kappa shape index (κ1) is 14.3. The van der Waals surface area contributed by atoms with Gasteiger partial charge in [-0.1, -0.05) is 12.1 Å². The lowest BCUT2D eigenvalue weighted by molar-refractivity contribution is 0.0526. The molecule has 0 radical (unpaired) electrons. The average Bonchev–Trinajstić information content (AvgIpc) is 2.87. The van der Waals surface area contributed by atoms with Crippen LogP contribution in [0.5, 0.6) is 0 Å². The number of esters is 1. The van der Waals surface area contributed by atoms with Crippen molar-refractivity contribution in [3.63, 3.8) is 0 Å². The number of benzene rings is 1. The highest BCUT2D eigenvalue weighted by atomic mass is 16.5. The smallest absolute Gasteiger partial charge is 0.338 e. The number of furan rings is 1. The Morgan fingerprint density at radius 3 is 2.55 bits per heavy atom. The molecule has 20 heavy (non-hydrogen) atoms. The second kappa shape index (κ2) is 6.39. The Balaban J connectivity index is 2.13. The van der Waals surface area contributed by atoms with Crippen molar-refractivity contribution in [3.8, 4) is 11.3 Å². The Hall–Kier alpha value is -2.07. The van der Waals surface area contributed by atoms with Gasteiger partial charge in [-0.25, -0.2) is 4.79 Å². The van der Waals surface area contributed by atoms with Gasteiger partial charge in [0, 0.05) is 18.0 Å². The minimum Gasteiger partial charge on any atom is -0.462 e. The molecular weight excluding hydrogens is 254 g/mol. The first-order valence-electron chi connectivity index (χ1n) is 6.72. The van der Waals surface area contributed by atoms with Crippen molar-refractivity contribution < 1.29 is 13.9 Å². The fraction of sp³-hybridized carbons (Fsp3) is 0.312. The van der Waals surface area contributed by atoms with E-state index in [9.17, 15) is 4.79 Å². The lowest BCUT2D eigenvalue weighted by Crippen LogP contribution is -2.17. The molecule has 0 aliphatic rings. The molecule has 0 bridgehead atoms. The molecule has 1 aromatic heterocycles. The maximum Gasteiger partial charge on any atom is 0.338 e. The molecule has 2 N–H and O–H groups in total. The van der Waals surface area contributed by atoms with Crippen LogP contribution in [0.2, 0.25) is 0 Å². The number of nitrogens with two attached hydrogens (primary N) is 1. The summed E-state index contributed by atoms with van der Waals surface area (Å²) in [5.41, 5.74) is 7.21. The van der Waals surface area contributed by atoms with Crippen molar-refractivity contribution in [3.05, 3.63) is 47.7 Å². The van der Waals surface area contributed by atoms with Crippen molar-refractivity contribution in [1.82, 2.24) is 0 Å². The summed E-state index contributed by atoms with van der Waals surface area (Å²) in [6, 6.07) is 11.1. The van der Waals surface area contributed by atoms with E-state index < -0.39 is 0 Å². The number of hydrogen-bond donors (Lipinski definition) is 1. The third-order valence-corrected chi connectivity index (χ3v) is 2.87. The van der Waals surface area contributed by atoms with Crippen LogP contribution < -0.4 is 5.73 Å². The number of hydrogen-bond acceptors (Lipinski definition) is 4. The molecule has 2 aromatic rings. The zero-order chi connectivity index (χ0) is 14.5. The minimum absolute atomic E-state index is 0.0696. The van der Waals surface area contributed by atoms with Gasteiger partial charge in [0.1, 0.15) is 11.5 Å². The normalized spacial score (nSPS) is 12.2. The van der Waals surface area contributed by atoms with E-state index in [0.29, 0.717) is 18.6 Å². The Morgan fingerprint density at radius 2 is 1.95 bits per heavy atom. The van der Waals surface area contributed by atoms with Gasteiger partial charge in [0.2, 0.25) is 0 Å². The van der Waals surface area contributed by atoms with Gasteiger partial charge in [0.15, 0.2) is 0 Å². The lowest BCUT2D eigenvalue weighted by atomic mass is 10.1. The van der Waals surface area contributed by atoms with Crippen LogP contribution in [0, 0.1) is 0 Å². The molecule has 4 heteroatoms. The largest absolute Gasteiger partial charge is 0.462 e. The molecule has 106 valence electrons. The average molecular weight is 273 g/mol. The highest BCUT2D eigenvalue weighted by Gasteiger charge is 2.09. The fourth-order valence-electron chi connectivity index (χ4n) is 1.95. The molecule has 0 aliphatic heterocycles. The van der Waals surface area contributed by atoms with E-state index in [1.54, 1.807) is 19.1 Å². The highest BCUT2D eigenvalue weighted by molar-refractivity contribution is 5.89. The zero-order valence-corrected chi connectivity index (χ0v) is 11.8. The predicted octanol–water partition coefficient (Wildman–Crippen LogP) is 3.01. The molecular formula is C16H19NO3. The van der Waals surface area contributed by atoms with Gasteiger partial charge >= 0.3 is 5.97 Å². The Morgan fingerprint density at radius 1 is 1.25 bits per heavy atom.